The van der Waals surface area contributed by atoms with Crippen LogP contribution in [-0.4, -0.2) is 50.1 Å². The van der Waals surface area contributed by atoms with Crippen molar-refractivity contribution in [2.45, 2.75) is 43.8 Å². The Kier molecular flexibility index (Phi) is 4.14. The van der Waals surface area contributed by atoms with Gasteiger partial charge in [0.2, 0.25) is 0 Å². The van der Waals surface area contributed by atoms with Gasteiger partial charge < -0.3 is 14.7 Å². The molecule has 0 spiro atoms. The molecule has 1 N–H and O–H groups in total. The second-order valence-electron chi connectivity index (χ2n) is 6.94. The SMILES string of the molecule is O=C1c2cc(COc3ccccc3)nn2CCN1C1CC(O)(C(F)(F)F)C1. The normalized spacial score (nSPS) is 25.1. The summed E-state index contributed by atoms with van der Waals surface area (Å²) in [5.41, 5.74) is -1.79. The number of hydrogen-bond acceptors (Lipinski definition) is 4. The van der Waals surface area contributed by atoms with Gasteiger partial charge >= 0.3 is 6.18 Å². The van der Waals surface area contributed by atoms with E-state index in [4.69, 9.17) is 4.74 Å². The highest BCUT2D eigenvalue weighted by molar-refractivity contribution is 5.93. The Hall–Kier alpha value is -2.55. The molecule has 0 bridgehead atoms. The van der Waals surface area contributed by atoms with Crippen LogP contribution in [0.5, 0.6) is 5.75 Å². The van der Waals surface area contributed by atoms with Crippen molar-refractivity contribution in [3.63, 3.8) is 0 Å². The maximum Gasteiger partial charge on any atom is 0.417 e. The number of aliphatic hydroxyl groups is 1. The molecule has 9 heteroatoms. The smallest absolute Gasteiger partial charge is 0.417 e. The first kappa shape index (κ1) is 17.8. The zero-order valence-electron chi connectivity index (χ0n) is 14.3. The van der Waals surface area contributed by atoms with Gasteiger partial charge in [-0.05, 0) is 18.2 Å². The average Bonchev–Trinajstić information content (AvgIpc) is 3.02. The largest absolute Gasteiger partial charge is 0.487 e. The van der Waals surface area contributed by atoms with Gasteiger partial charge in [0.15, 0.2) is 5.60 Å². The molecule has 1 fully saturated rings. The topological polar surface area (TPSA) is 67.6 Å². The fourth-order valence-corrected chi connectivity index (χ4v) is 3.53. The maximum atomic E-state index is 12.8. The predicted molar refractivity (Wildman–Crippen MR) is 88.1 cm³/mol. The number of para-hydroxylation sites is 1. The van der Waals surface area contributed by atoms with Crippen LogP contribution in [0.4, 0.5) is 13.2 Å². The van der Waals surface area contributed by atoms with Crippen LogP contribution in [0.2, 0.25) is 0 Å². The summed E-state index contributed by atoms with van der Waals surface area (Å²) in [6.07, 6.45) is -5.65. The molecule has 4 rings (SSSR count). The number of aromatic nitrogens is 2. The highest BCUT2D eigenvalue weighted by Crippen LogP contribution is 2.47. The number of nitrogens with zero attached hydrogens (tertiary/aromatic N) is 3. The van der Waals surface area contributed by atoms with Crippen LogP contribution >= 0.6 is 0 Å². The summed E-state index contributed by atoms with van der Waals surface area (Å²) in [6, 6.07) is 10.2. The van der Waals surface area contributed by atoms with Crippen molar-refractivity contribution in [3.05, 3.63) is 47.8 Å². The van der Waals surface area contributed by atoms with E-state index >= 15 is 0 Å². The lowest BCUT2D eigenvalue weighted by Gasteiger charge is -2.49. The third kappa shape index (κ3) is 3.16. The molecule has 6 nitrogen and oxygen atoms in total. The molecule has 1 aromatic carbocycles. The quantitative estimate of drug-likeness (QED) is 0.883. The van der Waals surface area contributed by atoms with Crippen molar-refractivity contribution in [2.75, 3.05) is 6.54 Å². The van der Waals surface area contributed by atoms with Crippen LogP contribution < -0.4 is 4.74 Å². The van der Waals surface area contributed by atoms with Crippen LogP contribution in [0, 0.1) is 0 Å². The molecule has 0 atom stereocenters. The van der Waals surface area contributed by atoms with E-state index in [1.807, 2.05) is 18.2 Å². The highest BCUT2D eigenvalue weighted by Gasteiger charge is 2.63. The minimum Gasteiger partial charge on any atom is -0.487 e. The summed E-state index contributed by atoms with van der Waals surface area (Å²) in [7, 11) is 0. The fourth-order valence-electron chi connectivity index (χ4n) is 3.53. The number of alkyl halides is 3. The molecule has 0 unspecified atom stereocenters. The summed E-state index contributed by atoms with van der Waals surface area (Å²) >= 11 is 0. The summed E-state index contributed by atoms with van der Waals surface area (Å²) in [6.45, 7) is 0.854. The number of ether oxygens (including phenoxy) is 1. The second-order valence-corrected chi connectivity index (χ2v) is 6.94. The number of halogens is 3. The highest BCUT2D eigenvalue weighted by atomic mass is 19.4. The molecule has 1 aliphatic heterocycles. The summed E-state index contributed by atoms with van der Waals surface area (Å²) in [4.78, 5) is 14.1. The Morgan fingerprint density at radius 2 is 1.93 bits per heavy atom. The van der Waals surface area contributed by atoms with E-state index < -0.39 is 30.7 Å². The van der Waals surface area contributed by atoms with Crippen LogP contribution in [0.25, 0.3) is 0 Å². The van der Waals surface area contributed by atoms with Crippen molar-refractivity contribution in [1.82, 2.24) is 14.7 Å². The van der Waals surface area contributed by atoms with E-state index in [1.165, 1.54) is 4.90 Å². The van der Waals surface area contributed by atoms with Gasteiger partial charge in [0.1, 0.15) is 23.7 Å². The minimum absolute atomic E-state index is 0.189. The van der Waals surface area contributed by atoms with Crippen LogP contribution in [-0.2, 0) is 13.2 Å². The summed E-state index contributed by atoms with van der Waals surface area (Å²) < 4.78 is 45.6. The van der Waals surface area contributed by atoms with Gasteiger partial charge in [0.25, 0.3) is 5.91 Å². The van der Waals surface area contributed by atoms with Crippen LogP contribution in [0.3, 0.4) is 0 Å². The molecular weight excluding hydrogens is 363 g/mol. The second kappa shape index (κ2) is 6.26. The van der Waals surface area contributed by atoms with Gasteiger partial charge in [-0.15, -0.1) is 0 Å². The summed E-state index contributed by atoms with van der Waals surface area (Å²) in [5.74, 6) is 0.311. The Balaban J connectivity index is 1.42. The molecule has 0 radical (unpaired) electrons. The Bertz CT molecular complexity index is 845. The molecule has 144 valence electrons. The number of carbonyl (C=O) groups excluding carboxylic acids is 1. The molecule has 1 amide bonds. The number of amides is 1. The van der Waals surface area contributed by atoms with Crippen molar-refractivity contribution in [3.8, 4) is 5.75 Å². The number of rotatable bonds is 4. The molecule has 2 aromatic rings. The molecule has 2 aliphatic rings. The molecular formula is C18H18F3N3O3. The van der Waals surface area contributed by atoms with E-state index in [1.54, 1.807) is 22.9 Å². The monoisotopic (exact) mass is 381 g/mol. The number of benzene rings is 1. The molecule has 2 heterocycles. The van der Waals surface area contributed by atoms with Gasteiger partial charge in [-0.1, -0.05) is 18.2 Å². The first-order valence-electron chi connectivity index (χ1n) is 8.61. The van der Waals surface area contributed by atoms with Crippen molar-refractivity contribution >= 4 is 5.91 Å². The molecule has 27 heavy (non-hydrogen) atoms. The number of fused-ring (bicyclic) bond motifs is 1. The Labute approximate surface area is 153 Å². The zero-order valence-corrected chi connectivity index (χ0v) is 14.3. The van der Waals surface area contributed by atoms with Gasteiger partial charge in [-0.2, -0.15) is 18.3 Å². The van der Waals surface area contributed by atoms with Gasteiger partial charge in [0, 0.05) is 25.4 Å². The van der Waals surface area contributed by atoms with Crippen molar-refractivity contribution < 1.29 is 27.8 Å². The Morgan fingerprint density at radius 3 is 2.59 bits per heavy atom. The third-order valence-corrected chi connectivity index (χ3v) is 5.11. The van der Waals surface area contributed by atoms with Gasteiger partial charge in [0.05, 0.1) is 6.54 Å². The van der Waals surface area contributed by atoms with E-state index in [9.17, 15) is 23.1 Å². The minimum atomic E-state index is -4.67. The molecule has 1 saturated carbocycles. The van der Waals surface area contributed by atoms with E-state index in [2.05, 4.69) is 5.10 Å². The predicted octanol–water partition coefficient (Wildman–Crippen LogP) is 2.37. The Morgan fingerprint density at radius 1 is 1.22 bits per heavy atom. The molecule has 1 aromatic heterocycles. The van der Waals surface area contributed by atoms with Crippen molar-refractivity contribution in [2.24, 2.45) is 0 Å². The summed E-state index contributed by atoms with van der Waals surface area (Å²) in [5, 5.41) is 14.0. The van der Waals surface area contributed by atoms with Gasteiger partial charge in [-0.3, -0.25) is 9.48 Å². The molecule has 1 aliphatic carbocycles. The lowest BCUT2D eigenvalue weighted by molar-refractivity contribution is -0.297. The first-order valence-corrected chi connectivity index (χ1v) is 8.61. The van der Waals surface area contributed by atoms with Crippen molar-refractivity contribution in [1.29, 1.82) is 0 Å². The van der Waals surface area contributed by atoms with Gasteiger partial charge in [-0.25, -0.2) is 0 Å². The fraction of sp³-hybridized carbons (Fsp3) is 0.444. The number of carbonyl (C=O) groups is 1. The lowest BCUT2D eigenvalue weighted by atomic mass is 9.74. The number of hydrogen-bond donors (Lipinski definition) is 1. The molecule has 0 saturated heterocycles. The standard InChI is InChI=1S/C18H18F3N3O3/c19-18(20,21)17(26)9-13(10-17)23-6-7-24-15(16(23)25)8-12(22-24)11-27-14-4-2-1-3-5-14/h1-5,8,13,26H,6-7,9-11H2. The lowest BCUT2D eigenvalue weighted by Crippen LogP contribution is -2.64. The van der Waals surface area contributed by atoms with Crippen LogP contribution in [0.15, 0.2) is 36.4 Å². The van der Waals surface area contributed by atoms with E-state index in [-0.39, 0.29) is 19.1 Å². The average molecular weight is 381 g/mol. The third-order valence-electron chi connectivity index (χ3n) is 5.11. The maximum absolute atomic E-state index is 12.8. The zero-order chi connectivity index (χ0) is 19.2. The van der Waals surface area contributed by atoms with E-state index in [0.29, 0.717) is 23.7 Å². The van der Waals surface area contributed by atoms with E-state index in [0.717, 1.165) is 0 Å². The van der Waals surface area contributed by atoms with Crippen LogP contribution in [0.1, 0.15) is 29.0 Å². The first-order chi connectivity index (χ1) is 12.8.